The van der Waals surface area contributed by atoms with Gasteiger partial charge >= 0.3 is 0 Å². The Morgan fingerprint density at radius 2 is 2.28 bits per heavy atom. The Morgan fingerprint density at radius 1 is 1.50 bits per heavy atom. The highest BCUT2D eigenvalue weighted by Gasteiger charge is 2.23. The highest BCUT2D eigenvalue weighted by atomic mass is 16.5. The molecule has 1 aromatic rings. The summed E-state index contributed by atoms with van der Waals surface area (Å²) < 4.78 is 5.62. The van der Waals surface area contributed by atoms with Crippen LogP contribution in [0.3, 0.4) is 0 Å². The van der Waals surface area contributed by atoms with E-state index in [2.05, 4.69) is 17.2 Å². The van der Waals surface area contributed by atoms with Crippen LogP contribution in [0.15, 0.2) is 43.0 Å². The van der Waals surface area contributed by atoms with E-state index in [0.717, 1.165) is 13.1 Å². The highest BCUT2D eigenvalue weighted by Crippen LogP contribution is 2.06. The number of ether oxygens (including phenoxy) is 1. The second-order valence-electron chi connectivity index (χ2n) is 4.21. The predicted octanol–water partition coefficient (Wildman–Crippen LogP) is 0.959. The number of nitrogens with one attached hydrogen (secondary N) is 2. The zero-order chi connectivity index (χ0) is 12.8. The molecule has 2 atom stereocenters. The van der Waals surface area contributed by atoms with Crippen molar-refractivity contribution in [1.29, 1.82) is 0 Å². The van der Waals surface area contributed by atoms with Gasteiger partial charge in [-0.2, -0.15) is 0 Å². The van der Waals surface area contributed by atoms with Crippen molar-refractivity contribution in [2.45, 2.75) is 12.1 Å². The summed E-state index contributed by atoms with van der Waals surface area (Å²) >= 11 is 0. The van der Waals surface area contributed by atoms with Crippen LogP contribution >= 0.6 is 0 Å². The molecule has 0 aliphatic carbocycles. The van der Waals surface area contributed by atoms with E-state index in [9.17, 15) is 4.79 Å². The van der Waals surface area contributed by atoms with Crippen molar-refractivity contribution in [3.8, 4) is 0 Å². The highest BCUT2D eigenvalue weighted by molar-refractivity contribution is 5.94. The molecule has 0 aromatic heterocycles. The number of hydrogen-bond donors (Lipinski definition) is 2. The first-order chi connectivity index (χ1) is 8.81. The van der Waals surface area contributed by atoms with E-state index >= 15 is 0 Å². The number of carbonyl (C=O) groups excluding carboxylic acids is 1. The van der Waals surface area contributed by atoms with E-state index in [1.54, 1.807) is 18.2 Å². The minimum atomic E-state index is -0.175. The van der Waals surface area contributed by atoms with Gasteiger partial charge in [0.25, 0.3) is 5.91 Å². The lowest BCUT2D eigenvalue weighted by molar-refractivity contribution is 0.0143. The van der Waals surface area contributed by atoms with Gasteiger partial charge in [0, 0.05) is 18.7 Å². The fraction of sp³-hybridized carbons (Fsp3) is 0.357. The van der Waals surface area contributed by atoms with Crippen molar-refractivity contribution < 1.29 is 9.53 Å². The zero-order valence-corrected chi connectivity index (χ0v) is 10.3. The molecule has 0 bridgehead atoms. The Hall–Kier alpha value is -1.65. The summed E-state index contributed by atoms with van der Waals surface area (Å²) in [4.78, 5) is 12.0. The fourth-order valence-corrected chi connectivity index (χ4v) is 1.94. The maximum Gasteiger partial charge on any atom is 0.251 e. The van der Waals surface area contributed by atoms with Crippen LogP contribution in [0, 0.1) is 0 Å². The van der Waals surface area contributed by atoms with Gasteiger partial charge in [-0.3, -0.25) is 4.79 Å². The normalized spacial score (nSPS) is 21.0. The second-order valence-corrected chi connectivity index (χ2v) is 4.21. The summed E-state index contributed by atoms with van der Waals surface area (Å²) in [5, 5.41) is 6.17. The van der Waals surface area contributed by atoms with Gasteiger partial charge in [-0.15, -0.1) is 6.58 Å². The summed E-state index contributed by atoms with van der Waals surface area (Å²) in [6, 6.07) is 8.97. The molecule has 2 rings (SSSR count). The lowest BCUT2D eigenvalue weighted by Gasteiger charge is -2.29. The molecule has 4 heteroatoms. The molecule has 0 radical (unpaired) electrons. The summed E-state index contributed by atoms with van der Waals surface area (Å²) in [7, 11) is 0. The quantitative estimate of drug-likeness (QED) is 0.778. The fourth-order valence-electron chi connectivity index (χ4n) is 1.94. The molecule has 0 saturated carbocycles. The summed E-state index contributed by atoms with van der Waals surface area (Å²) in [5.74, 6) is -0.102. The Labute approximate surface area is 107 Å². The molecule has 1 fully saturated rings. The van der Waals surface area contributed by atoms with Crippen LogP contribution in [0.25, 0.3) is 0 Å². The van der Waals surface area contributed by atoms with Crippen molar-refractivity contribution in [3.63, 3.8) is 0 Å². The molecule has 1 aliphatic rings. The minimum absolute atomic E-state index is 0.0519. The molecule has 1 aliphatic heterocycles. The molecule has 1 heterocycles. The number of rotatable bonds is 4. The number of amides is 1. The second kappa shape index (κ2) is 6.33. The average Bonchev–Trinajstić information content (AvgIpc) is 2.46. The first kappa shape index (κ1) is 12.8. The number of benzene rings is 1. The van der Waals surface area contributed by atoms with E-state index in [0.29, 0.717) is 12.2 Å². The molecule has 1 saturated heterocycles. The molecule has 18 heavy (non-hydrogen) atoms. The standard InChI is InChI=1S/C14H18N2O2/c1-2-12(13-10-15-8-9-18-13)16-14(17)11-6-4-3-5-7-11/h2-7,12-13,15H,1,8-10H2,(H,16,17). The monoisotopic (exact) mass is 246 g/mol. The van der Waals surface area contributed by atoms with Gasteiger partial charge in [-0.25, -0.2) is 0 Å². The third kappa shape index (κ3) is 3.18. The van der Waals surface area contributed by atoms with Crippen LogP contribution < -0.4 is 10.6 Å². The first-order valence-electron chi connectivity index (χ1n) is 6.12. The number of hydrogen-bond acceptors (Lipinski definition) is 3. The zero-order valence-electron chi connectivity index (χ0n) is 10.3. The molecule has 0 spiro atoms. The van der Waals surface area contributed by atoms with Gasteiger partial charge in [-0.1, -0.05) is 24.3 Å². The maximum absolute atomic E-state index is 12.0. The van der Waals surface area contributed by atoms with Crippen LogP contribution in [-0.2, 0) is 4.74 Å². The Morgan fingerprint density at radius 3 is 2.89 bits per heavy atom. The molecule has 1 amide bonds. The summed E-state index contributed by atoms with van der Waals surface area (Å²) in [5.41, 5.74) is 0.646. The van der Waals surface area contributed by atoms with E-state index in [1.807, 2.05) is 18.2 Å². The lowest BCUT2D eigenvalue weighted by Crippen LogP contribution is -2.51. The van der Waals surface area contributed by atoms with Gasteiger partial charge in [0.15, 0.2) is 0 Å². The molecular weight excluding hydrogens is 228 g/mol. The summed E-state index contributed by atoms with van der Waals surface area (Å²) in [6.07, 6.45) is 1.67. The van der Waals surface area contributed by atoms with Crippen molar-refractivity contribution in [2.75, 3.05) is 19.7 Å². The summed E-state index contributed by atoms with van der Waals surface area (Å²) in [6.45, 7) is 6.01. The van der Waals surface area contributed by atoms with E-state index in [4.69, 9.17) is 4.74 Å². The SMILES string of the molecule is C=CC(NC(=O)c1ccccc1)C1CNCCO1. The van der Waals surface area contributed by atoms with E-state index < -0.39 is 0 Å². The molecule has 1 aromatic carbocycles. The Kier molecular flexibility index (Phi) is 4.50. The van der Waals surface area contributed by atoms with Crippen LogP contribution in [0.2, 0.25) is 0 Å². The average molecular weight is 246 g/mol. The third-order valence-corrected chi connectivity index (χ3v) is 2.94. The molecule has 2 N–H and O–H groups in total. The van der Waals surface area contributed by atoms with Gasteiger partial charge < -0.3 is 15.4 Å². The van der Waals surface area contributed by atoms with Crippen molar-refractivity contribution >= 4 is 5.91 Å². The van der Waals surface area contributed by atoms with Crippen LogP contribution in [0.5, 0.6) is 0 Å². The topological polar surface area (TPSA) is 50.4 Å². The van der Waals surface area contributed by atoms with Gasteiger partial charge in [0.05, 0.1) is 18.8 Å². The largest absolute Gasteiger partial charge is 0.373 e. The smallest absolute Gasteiger partial charge is 0.251 e. The minimum Gasteiger partial charge on any atom is -0.373 e. The van der Waals surface area contributed by atoms with Crippen molar-refractivity contribution in [3.05, 3.63) is 48.6 Å². The van der Waals surface area contributed by atoms with Gasteiger partial charge in [0.2, 0.25) is 0 Å². The number of carbonyl (C=O) groups is 1. The third-order valence-electron chi connectivity index (χ3n) is 2.94. The molecule has 4 nitrogen and oxygen atoms in total. The van der Waals surface area contributed by atoms with E-state index in [-0.39, 0.29) is 18.1 Å². The molecule has 96 valence electrons. The van der Waals surface area contributed by atoms with Crippen LogP contribution in [0.1, 0.15) is 10.4 Å². The van der Waals surface area contributed by atoms with Crippen molar-refractivity contribution in [2.24, 2.45) is 0 Å². The van der Waals surface area contributed by atoms with Gasteiger partial charge in [0.1, 0.15) is 0 Å². The lowest BCUT2D eigenvalue weighted by atomic mass is 10.1. The molecule has 2 unspecified atom stereocenters. The Bertz CT molecular complexity index is 400. The van der Waals surface area contributed by atoms with Crippen LogP contribution in [0.4, 0.5) is 0 Å². The molecular formula is C14H18N2O2. The predicted molar refractivity (Wildman–Crippen MR) is 70.5 cm³/mol. The first-order valence-corrected chi connectivity index (χ1v) is 6.12. The van der Waals surface area contributed by atoms with Gasteiger partial charge in [-0.05, 0) is 12.1 Å². The van der Waals surface area contributed by atoms with Crippen molar-refractivity contribution in [1.82, 2.24) is 10.6 Å². The Balaban J connectivity index is 1.97. The number of morpholine rings is 1. The van der Waals surface area contributed by atoms with E-state index in [1.165, 1.54) is 0 Å². The maximum atomic E-state index is 12.0. The van der Waals surface area contributed by atoms with Crippen LogP contribution in [-0.4, -0.2) is 37.7 Å².